The number of guanidine groups is 1. The van der Waals surface area contributed by atoms with E-state index >= 15 is 0 Å². The Morgan fingerprint density at radius 3 is 2.53 bits per heavy atom. The highest BCUT2D eigenvalue weighted by Gasteiger charge is 2.35. The van der Waals surface area contributed by atoms with Crippen LogP contribution in [0.25, 0.3) is 0 Å². The highest BCUT2D eigenvalue weighted by Crippen LogP contribution is 2.14. The zero-order valence-electron chi connectivity index (χ0n) is 17.1. The van der Waals surface area contributed by atoms with Crippen LogP contribution in [0.15, 0.2) is 34.3 Å². The van der Waals surface area contributed by atoms with Crippen molar-refractivity contribution in [2.75, 3.05) is 6.54 Å². The lowest BCUT2D eigenvalue weighted by Gasteiger charge is -2.30. The molecular weight excluding hydrogens is 420 g/mol. The van der Waals surface area contributed by atoms with Crippen LogP contribution in [0, 0.1) is 0 Å². The zero-order chi connectivity index (χ0) is 23.3. The van der Waals surface area contributed by atoms with Crippen LogP contribution >= 0.6 is 0 Å². The third-order valence-electron chi connectivity index (χ3n) is 5.10. The number of aliphatic imine (C=N–C) groups is 2. The average molecular weight is 444 g/mol. The molecule has 170 valence electrons. The molecule has 0 saturated heterocycles. The molecule has 3 rings (SSSR count). The molecule has 0 aromatic heterocycles. The van der Waals surface area contributed by atoms with E-state index in [0.717, 1.165) is 11.3 Å². The Morgan fingerprint density at radius 1 is 1.16 bits per heavy atom. The Morgan fingerprint density at radius 2 is 1.88 bits per heavy atom. The van der Waals surface area contributed by atoms with Gasteiger partial charge in [0.1, 0.15) is 12.2 Å². The largest absolute Gasteiger partial charge is 0.481 e. The Kier molecular flexibility index (Phi) is 7.15. The summed E-state index contributed by atoms with van der Waals surface area (Å²) in [5, 5.41) is 25.8. The first kappa shape index (κ1) is 22.9. The van der Waals surface area contributed by atoms with Crippen molar-refractivity contribution in [1.82, 2.24) is 16.0 Å². The zero-order valence-corrected chi connectivity index (χ0v) is 17.1. The van der Waals surface area contributed by atoms with Gasteiger partial charge in [0.25, 0.3) is 11.8 Å². The minimum absolute atomic E-state index is 0.0723. The Hall–Kier alpha value is -3.80. The lowest BCUT2D eigenvalue weighted by molar-refractivity contribution is -0.140. The number of rotatable bonds is 9. The SMILES string of the molecule is NC1=NC2NCC(CCc3ccc(C(=O)N[C@@H](CCC(=O)O)C(=O)O)cc3)=NC2C(=O)N1. The molecule has 2 heterocycles. The van der Waals surface area contributed by atoms with Crippen LogP contribution in [0.5, 0.6) is 0 Å². The van der Waals surface area contributed by atoms with E-state index in [4.69, 9.17) is 15.9 Å². The molecule has 7 N–H and O–H groups in total. The summed E-state index contributed by atoms with van der Waals surface area (Å²) < 4.78 is 0. The van der Waals surface area contributed by atoms with Crippen LogP contribution < -0.4 is 21.7 Å². The van der Waals surface area contributed by atoms with E-state index in [1.165, 1.54) is 0 Å². The minimum atomic E-state index is -1.29. The van der Waals surface area contributed by atoms with E-state index in [-0.39, 0.29) is 30.3 Å². The molecule has 32 heavy (non-hydrogen) atoms. The van der Waals surface area contributed by atoms with E-state index < -0.39 is 36.1 Å². The van der Waals surface area contributed by atoms with E-state index in [1.807, 2.05) is 0 Å². The number of amides is 2. The first-order valence-electron chi connectivity index (χ1n) is 10.0. The van der Waals surface area contributed by atoms with Crippen molar-refractivity contribution < 1.29 is 29.4 Å². The first-order chi connectivity index (χ1) is 15.2. The number of aryl methyl sites for hydroxylation is 1. The van der Waals surface area contributed by atoms with Gasteiger partial charge in [-0.15, -0.1) is 0 Å². The molecule has 2 amide bonds. The number of carboxylic acids is 2. The Labute approximate surface area is 183 Å². The van der Waals surface area contributed by atoms with Crippen molar-refractivity contribution in [3.05, 3.63) is 35.4 Å². The van der Waals surface area contributed by atoms with E-state index in [1.54, 1.807) is 24.3 Å². The van der Waals surface area contributed by atoms with Crippen molar-refractivity contribution >= 4 is 35.4 Å². The molecule has 2 aliphatic rings. The predicted octanol–water partition coefficient (Wildman–Crippen LogP) is -1.15. The number of aliphatic carboxylic acids is 2. The summed E-state index contributed by atoms with van der Waals surface area (Å²) in [7, 11) is 0. The van der Waals surface area contributed by atoms with Gasteiger partial charge in [-0.25, -0.2) is 9.79 Å². The van der Waals surface area contributed by atoms with Crippen LogP contribution in [0.2, 0.25) is 0 Å². The average Bonchev–Trinajstić information content (AvgIpc) is 2.75. The number of hydrogen-bond acceptors (Lipinski definition) is 8. The number of carbonyl (C=O) groups excluding carboxylic acids is 2. The van der Waals surface area contributed by atoms with E-state index in [0.29, 0.717) is 19.4 Å². The number of nitrogens with two attached hydrogens (primary N) is 1. The molecule has 0 bridgehead atoms. The molecule has 12 nitrogen and oxygen atoms in total. The molecule has 3 atom stereocenters. The molecule has 2 unspecified atom stereocenters. The van der Waals surface area contributed by atoms with Gasteiger partial charge in [-0.2, -0.15) is 0 Å². The van der Waals surface area contributed by atoms with Crippen molar-refractivity contribution in [3.63, 3.8) is 0 Å². The van der Waals surface area contributed by atoms with Gasteiger partial charge in [0.15, 0.2) is 12.0 Å². The van der Waals surface area contributed by atoms with Crippen molar-refractivity contribution in [1.29, 1.82) is 0 Å². The molecule has 0 spiro atoms. The quantitative estimate of drug-likeness (QED) is 0.274. The number of carbonyl (C=O) groups is 4. The van der Waals surface area contributed by atoms with Gasteiger partial charge in [-0.1, -0.05) is 12.1 Å². The Bertz CT molecular complexity index is 973. The number of nitrogens with zero attached hydrogens (tertiary/aromatic N) is 2. The molecular formula is C20H24N6O6. The summed E-state index contributed by atoms with van der Waals surface area (Å²) in [6.07, 6.45) is 0.198. The van der Waals surface area contributed by atoms with E-state index in [9.17, 15) is 19.2 Å². The predicted molar refractivity (Wildman–Crippen MR) is 113 cm³/mol. The standard InChI is InChI=1S/C20H24N6O6/c21-20-25-16-15(18(30)26-20)23-12(9-22-16)6-3-10-1-4-11(5-2-10)17(29)24-13(19(31)32)7-8-14(27)28/h1-2,4-5,13,15-16,22H,3,6-9H2,(H,24,29)(H,27,28)(H,31,32)(H3,21,25,26,30)/t13-,15?,16?/m0/s1. The first-order valence-corrected chi connectivity index (χ1v) is 10.0. The van der Waals surface area contributed by atoms with Gasteiger partial charge >= 0.3 is 11.9 Å². The summed E-state index contributed by atoms with van der Waals surface area (Å²) in [5.74, 6) is -3.25. The monoisotopic (exact) mass is 444 g/mol. The number of carboxylic acid groups (broad SMARTS) is 2. The van der Waals surface area contributed by atoms with Crippen molar-refractivity contribution in [2.24, 2.45) is 15.7 Å². The van der Waals surface area contributed by atoms with Gasteiger partial charge in [0.05, 0.1) is 0 Å². The molecule has 1 aromatic carbocycles. The maximum atomic E-state index is 12.3. The third-order valence-corrected chi connectivity index (χ3v) is 5.10. The van der Waals surface area contributed by atoms with Gasteiger partial charge in [0.2, 0.25) is 0 Å². The molecule has 2 aliphatic heterocycles. The maximum Gasteiger partial charge on any atom is 0.326 e. The number of hydrogen-bond donors (Lipinski definition) is 6. The fourth-order valence-corrected chi connectivity index (χ4v) is 3.38. The highest BCUT2D eigenvalue weighted by molar-refractivity contribution is 6.03. The van der Waals surface area contributed by atoms with Gasteiger partial charge in [0, 0.05) is 24.2 Å². The highest BCUT2D eigenvalue weighted by atomic mass is 16.4. The minimum Gasteiger partial charge on any atom is -0.481 e. The van der Waals surface area contributed by atoms with Crippen LogP contribution in [0.1, 0.15) is 35.2 Å². The second-order valence-corrected chi connectivity index (χ2v) is 7.46. The van der Waals surface area contributed by atoms with Gasteiger partial charge < -0.3 is 21.3 Å². The second-order valence-electron chi connectivity index (χ2n) is 7.46. The fourth-order valence-electron chi connectivity index (χ4n) is 3.38. The summed E-state index contributed by atoms with van der Waals surface area (Å²) in [6, 6.07) is 4.71. The Balaban J connectivity index is 1.55. The smallest absolute Gasteiger partial charge is 0.326 e. The fraction of sp³-hybridized carbons (Fsp3) is 0.400. The molecule has 0 radical (unpaired) electrons. The van der Waals surface area contributed by atoms with Crippen LogP contribution in [0.4, 0.5) is 0 Å². The van der Waals surface area contributed by atoms with Crippen molar-refractivity contribution in [3.8, 4) is 0 Å². The van der Waals surface area contributed by atoms with Crippen LogP contribution in [-0.2, 0) is 20.8 Å². The molecule has 0 fully saturated rings. The summed E-state index contributed by atoms with van der Waals surface area (Å²) in [6.45, 7) is 0.485. The van der Waals surface area contributed by atoms with Crippen molar-refractivity contribution in [2.45, 2.75) is 43.9 Å². The normalized spacial score (nSPS) is 20.8. The molecule has 0 aliphatic carbocycles. The lowest BCUT2D eigenvalue weighted by atomic mass is 10.0. The third kappa shape index (κ3) is 5.88. The molecule has 1 aromatic rings. The second kappa shape index (κ2) is 10.0. The summed E-state index contributed by atoms with van der Waals surface area (Å²) in [5.41, 5.74) is 7.57. The molecule has 0 saturated carbocycles. The van der Waals surface area contributed by atoms with Crippen LogP contribution in [-0.4, -0.2) is 70.4 Å². The van der Waals surface area contributed by atoms with Gasteiger partial charge in [-0.3, -0.25) is 30.0 Å². The number of nitrogens with one attached hydrogen (secondary N) is 3. The maximum absolute atomic E-state index is 12.3. The summed E-state index contributed by atoms with van der Waals surface area (Å²) >= 11 is 0. The lowest BCUT2D eigenvalue weighted by Crippen LogP contribution is -2.58. The van der Waals surface area contributed by atoms with E-state index in [2.05, 4.69) is 25.9 Å². The topological polar surface area (TPSA) is 196 Å². The number of benzene rings is 1. The number of fused-ring (bicyclic) bond motifs is 1. The molecule has 12 heteroatoms. The summed E-state index contributed by atoms with van der Waals surface area (Å²) in [4.78, 5) is 54.8. The van der Waals surface area contributed by atoms with Crippen LogP contribution in [0.3, 0.4) is 0 Å². The van der Waals surface area contributed by atoms with Gasteiger partial charge in [-0.05, 0) is 37.0 Å².